The van der Waals surface area contributed by atoms with E-state index in [1.54, 1.807) is 0 Å². The van der Waals surface area contributed by atoms with Gasteiger partial charge in [-0.05, 0) is 122 Å². The fraction of sp³-hybridized carbons (Fsp3) is 0.682. The van der Waals surface area contributed by atoms with Gasteiger partial charge in [0.2, 0.25) is 0 Å². The molecule has 3 atom stereocenters. The summed E-state index contributed by atoms with van der Waals surface area (Å²) in [6.07, 6.45) is 71.8. The predicted molar refractivity (Wildman–Crippen MR) is 325 cm³/mol. The number of aliphatic hydroxyl groups is 1. The van der Waals surface area contributed by atoms with E-state index in [9.17, 15) is 28.9 Å². The number of esters is 3. The van der Waals surface area contributed by atoms with Gasteiger partial charge < -0.3 is 24.2 Å². The average Bonchev–Trinajstić information content (AvgIpc) is 3.43. The predicted octanol–water partition coefficient (Wildman–Crippen LogP) is 18.6. The lowest BCUT2D eigenvalue weighted by molar-refractivity contribution is -0.161. The molecule has 0 saturated heterocycles. The summed E-state index contributed by atoms with van der Waals surface area (Å²) in [5.74, 6) is -1.51. The summed E-state index contributed by atoms with van der Waals surface area (Å²) in [7, 11) is -4.77. The first-order valence-electron chi connectivity index (χ1n) is 30.8. The van der Waals surface area contributed by atoms with E-state index < -0.39 is 57.8 Å². The average molecular weight is 1110 g/mol. The Morgan fingerprint density at radius 1 is 0.372 bits per heavy atom. The second-order valence-electron chi connectivity index (χ2n) is 20.1. The highest BCUT2D eigenvalue weighted by molar-refractivity contribution is 7.47. The lowest BCUT2D eigenvalue weighted by atomic mass is 10.1. The summed E-state index contributed by atoms with van der Waals surface area (Å²) in [4.78, 5) is 48.7. The molecule has 2 N–H and O–H groups in total. The van der Waals surface area contributed by atoms with Crippen LogP contribution in [0.3, 0.4) is 0 Å². The van der Waals surface area contributed by atoms with Crippen LogP contribution in [-0.2, 0) is 42.2 Å². The largest absolute Gasteiger partial charge is 0.472 e. The van der Waals surface area contributed by atoms with Crippen molar-refractivity contribution in [1.82, 2.24) is 0 Å². The molecule has 0 spiro atoms. The number of carbonyl (C=O) groups is 3. The van der Waals surface area contributed by atoms with Crippen LogP contribution in [0.15, 0.2) is 109 Å². The van der Waals surface area contributed by atoms with Gasteiger partial charge >= 0.3 is 25.7 Å². The summed E-state index contributed by atoms with van der Waals surface area (Å²) >= 11 is 0. The summed E-state index contributed by atoms with van der Waals surface area (Å²) in [5.41, 5.74) is 0. The van der Waals surface area contributed by atoms with Gasteiger partial charge in [-0.15, -0.1) is 0 Å². The van der Waals surface area contributed by atoms with Gasteiger partial charge in [-0.2, -0.15) is 0 Å². The third-order valence-corrected chi connectivity index (χ3v) is 13.6. The molecule has 78 heavy (non-hydrogen) atoms. The summed E-state index contributed by atoms with van der Waals surface area (Å²) in [5, 5.41) is 9.83. The van der Waals surface area contributed by atoms with E-state index in [4.69, 9.17) is 23.3 Å². The molecule has 0 aromatic carbocycles. The van der Waals surface area contributed by atoms with Crippen molar-refractivity contribution < 1.29 is 52.2 Å². The van der Waals surface area contributed by atoms with Crippen molar-refractivity contribution in [1.29, 1.82) is 0 Å². The molecule has 0 radical (unpaired) electrons. The highest BCUT2D eigenvalue weighted by atomic mass is 31.2. The molecular formula is C66H111O11P. The second-order valence-corrected chi connectivity index (χ2v) is 21.6. The second kappa shape index (κ2) is 59.3. The van der Waals surface area contributed by atoms with Crippen molar-refractivity contribution in [3.63, 3.8) is 0 Å². The molecular weight excluding hydrogens is 1000 g/mol. The van der Waals surface area contributed by atoms with Crippen molar-refractivity contribution in [2.24, 2.45) is 0 Å². The van der Waals surface area contributed by atoms with Crippen LogP contribution in [-0.4, -0.2) is 66.5 Å². The third kappa shape index (κ3) is 56.8. The molecule has 0 rings (SSSR count). The number of hydrogen-bond acceptors (Lipinski definition) is 10. The molecule has 0 bridgehead atoms. The third-order valence-electron chi connectivity index (χ3n) is 12.7. The van der Waals surface area contributed by atoms with Gasteiger partial charge in [0, 0.05) is 19.3 Å². The van der Waals surface area contributed by atoms with Crippen LogP contribution in [0.2, 0.25) is 0 Å². The van der Waals surface area contributed by atoms with Crippen molar-refractivity contribution >= 4 is 25.7 Å². The maximum Gasteiger partial charge on any atom is 0.472 e. The molecule has 3 unspecified atom stereocenters. The number of unbranched alkanes of at least 4 members (excludes halogenated alkanes) is 21. The van der Waals surface area contributed by atoms with Gasteiger partial charge in [-0.25, -0.2) is 4.57 Å². The van der Waals surface area contributed by atoms with Gasteiger partial charge in [0.25, 0.3) is 0 Å². The van der Waals surface area contributed by atoms with Crippen LogP contribution < -0.4 is 0 Å². The van der Waals surface area contributed by atoms with Gasteiger partial charge in [0.1, 0.15) is 12.7 Å². The molecule has 0 heterocycles. The maximum absolute atomic E-state index is 12.9. The van der Waals surface area contributed by atoms with Gasteiger partial charge in [0.15, 0.2) is 6.10 Å². The first kappa shape index (κ1) is 74.1. The summed E-state index contributed by atoms with van der Waals surface area (Å²) in [6, 6.07) is 0. The molecule has 446 valence electrons. The fourth-order valence-corrected chi connectivity index (χ4v) is 8.82. The lowest BCUT2D eigenvalue weighted by Gasteiger charge is -2.21. The fourth-order valence-electron chi connectivity index (χ4n) is 8.04. The number of allylic oxidation sites excluding steroid dienone is 18. The topological polar surface area (TPSA) is 155 Å². The van der Waals surface area contributed by atoms with E-state index in [0.717, 1.165) is 161 Å². The molecule has 0 amide bonds. The van der Waals surface area contributed by atoms with Crippen molar-refractivity contribution in [3.05, 3.63) is 109 Å². The number of phosphoric ester groups is 1. The Morgan fingerprint density at radius 3 is 1.03 bits per heavy atom. The zero-order chi connectivity index (χ0) is 56.9. The summed E-state index contributed by atoms with van der Waals surface area (Å²) in [6.45, 7) is 4.36. The number of phosphoric acid groups is 1. The molecule has 0 aliphatic heterocycles. The Hall–Kier alpha value is -3.86. The first-order valence-corrected chi connectivity index (χ1v) is 32.3. The molecule has 11 nitrogen and oxygen atoms in total. The van der Waals surface area contributed by atoms with Crippen LogP contribution in [0.25, 0.3) is 0 Å². The quantitative estimate of drug-likeness (QED) is 0.0197. The van der Waals surface area contributed by atoms with Crippen LogP contribution in [0.5, 0.6) is 0 Å². The number of hydrogen-bond donors (Lipinski definition) is 2. The van der Waals surface area contributed by atoms with Crippen LogP contribution in [0.1, 0.15) is 252 Å². The van der Waals surface area contributed by atoms with Crippen LogP contribution in [0.4, 0.5) is 0 Å². The van der Waals surface area contributed by atoms with E-state index in [1.165, 1.54) is 32.1 Å². The van der Waals surface area contributed by atoms with E-state index in [0.29, 0.717) is 19.3 Å². The minimum absolute atomic E-state index is 0.147. The molecule has 0 aliphatic carbocycles. The van der Waals surface area contributed by atoms with Crippen molar-refractivity contribution in [3.8, 4) is 0 Å². The van der Waals surface area contributed by atoms with E-state index >= 15 is 0 Å². The lowest BCUT2D eigenvalue weighted by Crippen LogP contribution is -2.30. The molecule has 0 aliphatic rings. The molecule has 0 saturated carbocycles. The number of aliphatic hydroxyl groups excluding tert-OH is 1. The highest BCUT2D eigenvalue weighted by Crippen LogP contribution is 2.43. The Morgan fingerprint density at radius 2 is 0.667 bits per heavy atom. The van der Waals surface area contributed by atoms with E-state index in [-0.39, 0.29) is 25.9 Å². The van der Waals surface area contributed by atoms with Crippen molar-refractivity contribution in [2.45, 2.75) is 264 Å². The summed E-state index contributed by atoms with van der Waals surface area (Å²) < 4.78 is 39.6. The smallest absolute Gasteiger partial charge is 0.462 e. The van der Waals surface area contributed by atoms with Crippen LogP contribution >= 0.6 is 7.82 Å². The number of carbonyl (C=O) groups excluding carboxylic acids is 3. The molecule has 0 aromatic heterocycles. The van der Waals surface area contributed by atoms with Crippen LogP contribution in [0, 0.1) is 0 Å². The van der Waals surface area contributed by atoms with E-state index in [2.05, 4.69) is 130 Å². The van der Waals surface area contributed by atoms with Gasteiger partial charge in [-0.3, -0.25) is 23.4 Å². The monoisotopic (exact) mass is 1110 g/mol. The minimum atomic E-state index is -4.77. The molecule has 12 heteroatoms. The van der Waals surface area contributed by atoms with Crippen molar-refractivity contribution in [2.75, 3.05) is 26.4 Å². The molecule has 0 fully saturated rings. The van der Waals surface area contributed by atoms with E-state index in [1.807, 2.05) is 0 Å². The van der Waals surface area contributed by atoms with Gasteiger partial charge in [-0.1, -0.05) is 220 Å². The van der Waals surface area contributed by atoms with Gasteiger partial charge in [0.05, 0.1) is 19.8 Å². The Bertz CT molecular complexity index is 1720. The normalized spacial score (nSPS) is 14.1. The number of rotatable bonds is 56. The Balaban J connectivity index is 4.77. The number of ether oxygens (including phenoxy) is 3. The zero-order valence-corrected chi connectivity index (χ0v) is 50.2. The Kier molecular flexibility index (Phi) is 56.3. The first-order chi connectivity index (χ1) is 38.2. The SMILES string of the molecule is CC/C=C\C/C=C\C/C=C\CCCCCCCCCC(=O)OC(COC(=O)CCCCCCCC/C=C\C/C=C\C/C=C\CCCCC)COP(=O)(O)OCC(CO)OC(=O)CCCCCCC/C=C\C/C=C\C/C=C\CC. The molecule has 0 aromatic rings. The Labute approximate surface area is 475 Å². The minimum Gasteiger partial charge on any atom is -0.462 e. The zero-order valence-electron chi connectivity index (χ0n) is 49.3. The maximum atomic E-state index is 12.9. The standard InChI is InChI=1S/C66H111O11P/c1-4-7-10-13-16-19-22-25-28-30-31-33-35-37-40-43-46-49-52-55-64(68)73-59-63(77-66(70)57-54-51-48-45-42-39-36-32-29-26-23-20-17-14-11-8-5-2)61-75-78(71,72)74-60-62(58-67)76-65(69)56-53-50-47-44-41-38-34-27-24-21-18-15-12-9-6-3/h8-9,11-12,16-21,25-29,31,33-34,62-63,67H,4-7,10,13-15,22-24,30,32,35-61H2,1-3H3,(H,71,72)/b11-8-,12-9-,19-16-,20-17-,21-18-,28-25-,29-26-,33-31-,34-27-. The highest BCUT2D eigenvalue weighted by Gasteiger charge is 2.28.